The van der Waals surface area contributed by atoms with Crippen molar-refractivity contribution in [3.63, 3.8) is 0 Å². The lowest BCUT2D eigenvalue weighted by Crippen LogP contribution is -2.53. The van der Waals surface area contributed by atoms with Crippen LogP contribution < -0.4 is 5.32 Å². The predicted molar refractivity (Wildman–Crippen MR) is 86.2 cm³/mol. The third kappa shape index (κ3) is 4.58. The molecule has 1 N–H and O–H groups in total. The molecule has 1 unspecified atom stereocenters. The second-order valence-corrected chi connectivity index (χ2v) is 9.04. The fourth-order valence-corrected chi connectivity index (χ4v) is 5.69. The highest BCUT2D eigenvalue weighted by Gasteiger charge is 2.36. The van der Waals surface area contributed by atoms with Crippen molar-refractivity contribution in [3.05, 3.63) is 0 Å². The van der Waals surface area contributed by atoms with Crippen molar-refractivity contribution in [1.29, 1.82) is 0 Å². The number of hydrogen-bond acceptors (Lipinski definition) is 6. The Kier molecular flexibility index (Phi) is 6.34. The van der Waals surface area contributed by atoms with Crippen LogP contribution in [-0.2, 0) is 14.6 Å². The van der Waals surface area contributed by atoms with Crippen molar-refractivity contribution < 1.29 is 13.2 Å². The van der Waals surface area contributed by atoms with Crippen LogP contribution in [0, 0.1) is 0 Å². The number of sulfone groups is 1. The van der Waals surface area contributed by atoms with Gasteiger partial charge in [-0.05, 0) is 19.5 Å². The molecular formula is C13H25N3O3S2. The zero-order valence-electron chi connectivity index (χ0n) is 12.6. The molecule has 2 fully saturated rings. The topological polar surface area (TPSA) is 69.7 Å². The molecule has 2 rings (SSSR count). The van der Waals surface area contributed by atoms with Crippen molar-refractivity contribution in [2.45, 2.75) is 18.7 Å². The average molecular weight is 335 g/mol. The van der Waals surface area contributed by atoms with Crippen LogP contribution in [-0.4, -0.2) is 86.0 Å². The van der Waals surface area contributed by atoms with Gasteiger partial charge in [0.05, 0.1) is 6.54 Å². The monoisotopic (exact) mass is 335 g/mol. The molecule has 8 heteroatoms. The Hall–Kier alpha value is -0.310. The van der Waals surface area contributed by atoms with Gasteiger partial charge in [-0.25, -0.2) is 8.42 Å². The van der Waals surface area contributed by atoms with E-state index in [-0.39, 0.29) is 11.7 Å². The molecule has 2 aliphatic rings. The van der Waals surface area contributed by atoms with Gasteiger partial charge in [0.2, 0.25) is 5.91 Å². The van der Waals surface area contributed by atoms with E-state index in [4.69, 9.17) is 0 Å². The Morgan fingerprint density at radius 2 is 2.10 bits per heavy atom. The molecular weight excluding hydrogens is 310 g/mol. The smallest absolute Gasteiger partial charge is 0.237 e. The van der Waals surface area contributed by atoms with Crippen molar-refractivity contribution in [3.8, 4) is 0 Å². The van der Waals surface area contributed by atoms with Crippen LogP contribution in [0.5, 0.6) is 0 Å². The van der Waals surface area contributed by atoms with Crippen molar-refractivity contribution in [2.24, 2.45) is 0 Å². The van der Waals surface area contributed by atoms with E-state index in [0.29, 0.717) is 18.8 Å². The van der Waals surface area contributed by atoms with Gasteiger partial charge >= 0.3 is 0 Å². The Morgan fingerprint density at radius 1 is 1.29 bits per heavy atom. The average Bonchev–Trinajstić information content (AvgIpc) is 2.76. The van der Waals surface area contributed by atoms with Gasteiger partial charge in [0.1, 0.15) is 5.37 Å². The molecule has 6 nitrogen and oxygen atoms in total. The highest BCUT2D eigenvalue weighted by molar-refractivity contribution is 8.01. The molecule has 0 aromatic heterocycles. The summed E-state index contributed by atoms with van der Waals surface area (Å²) in [6, 6.07) is 0. The van der Waals surface area contributed by atoms with Gasteiger partial charge in [-0.2, -0.15) is 11.8 Å². The number of hydrogen-bond donors (Lipinski definition) is 1. The van der Waals surface area contributed by atoms with Crippen LogP contribution in [0.2, 0.25) is 0 Å². The number of carbonyl (C=O) groups excluding carboxylic acids is 1. The second-order valence-electron chi connectivity index (χ2n) is 5.45. The van der Waals surface area contributed by atoms with Gasteiger partial charge in [-0.15, -0.1) is 0 Å². The summed E-state index contributed by atoms with van der Waals surface area (Å²) < 4.78 is 24.4. The minimum atomic E-state index is -3.21. The zero-order valence-corrected chi connectivity index (χ0v) is 14.2. The summed E-state index contributed by atoms with van der Waals surface area (Å²) in [4.78, 5) is 16.3. The molecule has 1 atom stereocenters. The third-order valence-corrected chi connectivity index (χ3v) is 7.30. The van der Waals surface area contributed by atoms with Crippen molar-refractivity contribution >= 4 is 27.5 Å². The Morgan fingerprint density at radius 3 is 2.86 bits per heavy atom. The van der Waals surface area contributed by atoms with Crippen LogP contribution in [0.1, 0.15) is 13.3 Å². The standard InChI is InChI=1S/C13H25N3O3S2/c1-2-21(18,19)13-11-20-9-8-16(13)12(17)10-15-6-3-4-14-5-7-15/h13-14H,2-11H2,1H3. The maximum atomic E-state index is 12.5. The van der Waals surface area contributed by atoms with Crippen LogP contribution in [0.4, 0.5) is 0 Å². The quantitative estimate of drug-likeness (QED) is 0.755. The Bertz CT molecular complexity index is 448. The van der Waals surface area contributed by atoms with E-state index >= 15 is 0 Å². The van der Waals surface area contributed by atoms with Gasteiger partial charge in [0.25, 0.3) is 0 Å². The lowest BCUT2D eigenvalue weighted by Gasteiger charge is -2.36. The van der Waals surface area contributed by atoms with Gasteiger partial charge in [0, 0.05) is 36.9 Å². The van der Waals surface area contributed by atoms with Crippen LogP contribution in [0.25, 0.3) is 0 Å². The van der Waals surface area contributed by atoms with Crippen LogP contribution >= 0.6 is 11.8 Å². The van der Waals surface area contributed by atoms with Gasteiger partial charge in [-0.3, -0.25) is 9.69 Å². The van der Waals surface area contributed by atoms with E-state index in [0.717, 1.165) is 38.4 Å². The maximum Gasteiger partial charge on any atom is 0.237 e. The molecule has 0 spiro atoms. The summed E-state index contributed by atoms with van der Waals surface area (Å²) in [7, 11) is -3.21. The van der Waals surface area contributed by atoms with Gasteiger partial charge in [0.15, 0.2) is 9.84 Å². The van der Waals surface area contributed by atoms with E-state index in [9.17, 15) is 13.2 Å². The highest BCUT2D eigenvalue weighted by atomic mass is 32.2. The number of carbonyl (C=O) groups is 1. The molecule has 0 radical (unpaired) electrons. The molecule has 2 saturated heterocycles. The molecule has 122 valence electrons. The van der Waals surface area contributed by atoms with Gasteiger partial charge < -0.3 is 10.2 Å². The highest BCUT2D eigenvalue weighted by Crippen LogP contribution is 2.21. The van der Waals surface area contributed by atoms with Gasteiger partial charge in [-0.1, -0.05) is 6.92 Å². The summed E-state index contributed by atoms with van der Waals surface area (Å²) in [6.07, 6.45) is 1.03. The number of thioether (sulfide) groups is 1. The fraction of sp³-hybridized carbons (Fsp3) is 0.923. The molecule has 0 aromatic rings. The van der Waals surface area contributed by atoms with E-state index in [1.807, 2.05) is 0 Å². The normalized spacial score (nSPS) is 25.6. The van der Waals surface area contributed by atoms with E-state index in [1.165, 1.54) is 0 Å². The summed E-state index contributed by atoms with van der Waals surface area (Å²) >= 11 is 1.62. The molecule has 0 aromatic carbocycles. The summed E-state index contributed by atoms with van der Waals surface area (Å²) in [5.74, 6) is 1.38. The first-order chi connectivity index (χ1) is 10.0. The third-order valence-electron chi connectivity index (χ3n) is 4.01. The second kappa shape index (κ2) is 7.80. The lowest BCUT2D eigenvalue weighted by atomic mass is 10.3. The maximum absolute atomic E-state index is 12.5. The number of nitrogens with one attached hydrogen (secondary N) is 1. The molecule has 2 heterocycles. The SMILES string of the molecule is CCS(=O)(=O)C1CSCCN1C(=O)CN1CCCNCC1. The van der Waals surface area contributed by atoms with Crippen molar-refractivity contribution in [1.82, 2.24) is 15.1 Å². The molecule has 21 heavy (non-hydrogen) atoms. The lowest BCUT2D eigenvalue weighted by molar-refractivity contribution is -0.132. The number of amides is 1. The largest absolute Gasteiger partial charge is 0.323 e. The molecule has 0 saturated carbocycles. The first-order valence-electron chi connectivity index (χ1n) is 7.56. The molecule has 0 aliphatic carbocycles. The molecule has 1 amide bonds. The fourth-order valence-electron chi connectivity index (χ4n) is 2.70. The summed E-state index contributed by atoms with van der Waals surface area (Å²) in [5.41, 5.74) is 0. The van der Waals surface area contributed by atoms with E-state index < -0.39 is 15.2 Å². The minimum Gasteiger partial charge on any atom is -0.323 e. The first-order valence-corrected chi connectivity index (χ1v) is 10.4. The Balaban J connectivity index is 2.01. The Labute approximate surface area is 131 Å². The van der Waals surface area contributed by atoms with Crippen LogP contribution in [0.3, 0.4) is 0 Å². The molecule has 0 bridgehead atoms. The molecule has 2 aliphatic heterocycles. The van der Waals surface area contributed by atoms with E-state index in [2.05, 4.69) is 10.2 Å². The summed E-state index contributed by atoms with van der Waals surface area (Å²) in [6.45, 7) is 6.14. The predicted octanol–water partition coefficient (Wildman–Crippen LogP) is -0.382. The number of rotatable bonds is 4. The van der Waals surface area contributed by atoms with Crippen molar-refractivity contribution in [2.75, 3.05) is 56.5 Å². The summed E-state index contributed by atoms with van der Waals surface area (Å²) in [5, 5.41) is 2.67. The minimum absolute atomic E-state index is 0.0424. The van der Waals surface area contributed by atoms with E-state index in [1.54, 1.807) is 23.6 Å². The zero-order chi connectivity index (χ0) is 15.3. The van der Waals surface area contributed by atoms with Crippen LogP contribution in [0.15, 0.2) is 0 Å². The first kappa shape index (κ1) is 17.1. The number of nitrogens with zero attached hydrogens (tertiary/aromatic N) is 2.